The number of hydrogen-bond donors (Lipinski definition) is 3. The predicted octanol–water partition coefficient (Wildman–Crippen LogP) is 0.345. The van der Waals surface area contributed by atoms with Crippen molar-refractivity contribution in [1.29, 1.82) is 0 Å². The van der Waals surface area contributed by atoms with Crippen LogP contribution in [0.5, 0.6) is 0 Å². The number of aliphatic hydroxyl groups excluding tert-OH is 1. The molecule has 3 heteroatoms. The number of nitrogens with one attached hydrogen (secondary N) is 2. The van der Waals surface area contributed by atoms with Crippen molar-refractivity contribution in [3.8, 4) is 0 Å². The van der Waals surface area contributed by atoms with Crippen molar-refractivity contribution in [3.63, 3.8) is 0 Å². The zero-order chi connectivity index (χ0) is 9.40. The summed E-state index contributed by atoms with van der Waals surface area (Å²) in [5.74, 6) is 0. The second-order valence-corrected chi connectivity index (χ2v) is 3.30. The average Bonchev–Trinajstić information content (AvgIpc) is 2.11. The minimum absolute atomic E-state index is 0.212. The molecule has 74 valence electrons. The highest BCUT2D eigenvalue weighted by Crippen LogP contribution is 1.85. The van der Waals surface area contributed by atoms with Crippen molar-refractivity contribution in [2.45, 2.75) is 39.3 Å². The highest BCUT2D eigenvalue weighted by Gasteiger charge is 1.98. The molecule has 0 rings (SSSR count). The van der Waals surface area contributed by atoms with Crippen LogP contribution in [0.1, 0.15) is 27.2 Å². The average molecular weight is 174 g/mol. The van der Waals surface area contributed by atoms with Gasteiger partial charge in [0.2, 0.25) is 0 Å². The molecule has 0 spiro atoms. The van der Waals surface area contributed by atoms with Gasteiger partial charge in [-0.15, -0.1) is 0 Å². The molecule has 12 heavy (non-hydrogen) atoms. The number of rotatable bonds is 7. The van der Waals surface area contributed by atoms with Crippen molar-refractivity contribution < 1.29 is 5.11 Å². The molecule has 0 aromatic rings. The first-order valence-electron chi connectivity index (χ1n) is 4.78. The van der Waals surface area contributed by atoms with Crippen LogP contribution in [0.3, 0.4) is 0 Å². The maximum absolute atomic E-state index is 8.71. The summed E-state index contributed by atoms with van der Waals surface area (Å²) < 4.78 is 0. The fraction of sp³-hybridized carbons (Fsp3) is 1.00. The van der Waals surface area contributed by atoms with Gasteiger partial charge in [-0.25, -0.2) is 0 Å². The van der Waals surface area contributed by atoms with Gasteiger partial charge in [0.25, 0.3) is 0 Å². The van der Waals surface area contributed by atoms with Crippen molar-refractivity contribution in [2.75, 3.05) is 19.7 Å². The third-order valence-corrected chi connectivity index (χ3v) is 2.00. The highest BCUT2D eigenvalue weighted by atomic mass is 16.3. The first-order valence-corrected chi connectivity index (χ1v) is 4.78. The molecular weight excluding hydrogens is 152 g/mol. The Kier molecular flexibility index (Phi) is 7.45. The van der Waals surface area contributed by atoms with Gasteiger partial charge in [0.15, 0.2) is 0 Å². The Morgan fingerprint density at radius 2 is 1.58 bits per heavy atom. The molecule has 0 aromatic heterocycles. The second-order valence-electron chi connectivity index (χ2n) is 3.30. The van der Waals surface area contributed by atoms with E-state index in [-0.39, 0.29) is 12.6 Å². The van der Waals surface area contributed by atoms with E-state index in [1.165, 1.54) is 0 Å². The molecule has 0 aliphatic rings. The van der Waals surface area contributed by atoms with Crippen LogP contribution < -0.4 is 10.6 Å². The molecule has 0 aromatic carbocycles. The third kappa shape index (κ3) is 6.58. The fourth-order valence-electron chi connectivity index (χ4n) is 0.846. The molecule has 0 saturated carbocycles. The van der Waals surface area contributed by atoms with E-state index in [0.717, 1.165) is 19.5 Å². The summed E-state index contributed by atoms with van der Waals surface area (Å²) >= 11 is 0. The van der Waals surface area contributed by atoms with Gasteiger partial charge < -0.3 is 15.7 Å². The Labute approximate surface area is 75.6 Å². The van der Waals surface area contributed by atoms with Crippen LogP contribution in [0.25, 0.3) is 0 Å². The van der Waals surface area contributed by atoms with E-state index in [2.05, 4.69) is 24.5 Å². The third-order valence-electron chi connectivity index (χ3n) is 2.00. The Morgan fingerprint density at radius 3 is 2.00 bits per heavy atom. The number of aliphatic hydroxyl groups is 1. The van der Waals surface area contributed by atoms with Gasteiger partial charge in [-0.05, 0) is 20.3 Å². The highest BCUT2D eigenvalue weighted by molar-refractivity contribution is 4.62. The van der Waals surface area contributed by atoms with Crippen LogP contribution in [-0.4, -0.2) is 36.9 Å². The van der Waals surface area contributed by atoms with Crippen LogP contribution in [0.15, 0.2) is 0 Å². The lowest BCUT2D eigenvalue weighted by atomic mass is 10.2. The van der Waals surface area contributed by atoms with Crippen LogP contribution in [0, 0.1) is 0 Å². The minimum atomic E-state index is 0.212. The SMILES string of the molecule is CC[C@@H](C)NCCN[C@H](C)CO. The van der Waals surface area contributed by atoms with Gasteiger partial charge in [-0.2, -0.15) is 0 Å². The molecule has 0 fully saturated rings. The Hall–Kier alpha value is -0.120. The maximum Gasteiger partial charge on any atom is 0.0581 e. The summed E-state index contributed by atoms with van der Waals surface area (Å²) in [6.45, 7) is 8.43. The van der Waals surface area contributed by atoms with E-state index in [0.29, 0.717) is 6.04 Å². The molecule has 2 atom stereocenters. The lowest BCUT2D eigenvalue weighted by Crippen LogP contribution is -2.37. The number of hydrogen-bond acceptors (Lipinski definition) is 3. The smallest absolute Gasteiger partial charge is 0.0581 e. The summed E-state index contributed by atoms with van der Waals surface area (Å²) in [6.07, 6.45) is 1.16. The molecule has 0 aliphatic heterocycles. The van der Waals surface area contributed by atoms with Gasteiger partial charge in [0.05, 0.1) is 6.61 Å². The monoisotopic (exact) mass is 174 g/mol. The Balaban J connectivity index is 3.10. The lowest BCUT2D eigenvalue weighted by Gasteiger charge is -2.13. The summed E-state index contributed by atoms with van der Waals surface area (Å²) in [5, 5.41) is 15.3. The Bertz CT molecular complexity index is 86.5. The van der Waals surface area contributed by atoms with E-state index in [4.69, 9.17) is 5.11 Å². The molecule has 0 heterocycles. The lowest BCUT2D eigenvalue weighted by molar-refractivity contribution is 0.251. The van der Waals surface area contributed by atoms with Crippen molar-refractivity contribution in [3.05, 3.63) is 0 Å². The van der Waals surface area contributed by atoms with Gasteiger partial charge in [-0.1, -0.05) is 6.92 Å². The zero-order valence-electron chi connectivity index (χ0n) is 8.43. The second kappa shape index (κ2) is 7.53. The quantitative estimate of drug-likeness (QED) is 0.488. The predicted molar refractivity (Wildman–Crippen MR) is 52.3 cm³/mol. The normalized spacial score (nSPS) is 16.0. The van der Waals surface area contributed by atoms with E-state index < -0.39 is 0 Å². The molecule has 0 saturated heterocycles. The van der Waals surface area contributed by atoms with Crippen molar-refractivity contribution in [1.82, 2.24) is 10.6 Å². The molecule has 0 aliphatic carbocycles. The first-order chi connectivity index (χ1) is 5.70. The fourth-order valence-corrected chi connectivity index (χ4v) is 0.846. The molecule has 0 amide bonds. The van der Waals surface area contributed by atoms with Gasteiger partial charge in [-0.3, -0.25) is 0 Å². The standard InChI is InChI=1S/C9H22N2O/c1-4-8(2)10-5-6-11-9(3)7-12/h8-12H,4-7H2,1-3H3/t8-,9-/m1/s1. The molecule has 3 N–H and O–H groups in total. The van der Waals surface area contributed by atoms with Gasteiger partial charge in [0.1, 0.15) is 0 Å². The first kappa shape index (κ1) is 11.9. The van der Waals surface area contributed by atoms with Gasteiger partial charge >= 0.3 is 0 Å². The topological polar surface area (TPSA) is 44.3 Å². The summed E-state index contributed by atoms with van der Waals surface area (Å²) in [5.41, 5.74) is 0. The molecule has 0 unspecified atom stereocenters. The summed E-state index contributed by atoms with van der Waals surface area (Å²) in [7, 11) is 0. The van der Waals surface area contributed by atoms with Crippen LogP contribution >= 0.6 is 0 Å². The maximum atomic E-state index is 8.71. The molecular formula is C9H22N2O. The van der Waals surface area contributed by atoms with Gasteiger partial charge in [0, 0.05) is 25.2 Å². The van der Waals surface area contributed by atoms with Crippen LogP contribution in [-0.2, 0) is 0 Å². The van der Waals surface area contributed by atoms with Crippen LogP contribution in [0.2, 0.25) is 0 Å². The molecule has 0 radical (unpaired) electrons. The van der Waals surface area contributed by atoms with Crippen molar-refractivity contribution in [2.24, 2.45) is 0 Å². The minimum Gasteiger partial charge on any atom is -0.395 e. The summed E-state index contributed by atoms with van der Waals surface area (Å²) in [4.78, 5) is 0. The van der Waals surface area contributed by atoms with Crippen LogP contribution in [0.4, 0.5) is 0 Å². The molecule has 0 bridgehead atoms. The summed E-state index contributed by atoms with van der Waals surface area (Å²) in [6, 6.07) is 0.806. The van der Waals surface area contributed by atoms with E-state index >= 15 is 0 Å². The van der Waals surface area contributed by atoms with Crippen molar-refractivity contribution >= 4 is 0 Å². The van der Waals surface area contributed by atoms with E-state index in [1.54, 1.807) is 0 Å². The zero-order valence-corrected chi connectivity index (χ0v) is 8.43. The van der Waals surface area contributed by atoms with E-state index in [1.807, 2.05) is 6.92 Å². The van der Waals surface area contributed by atoms with E-state index in [9.17, 15) is 0 Å². The molecule has 3 nitrogen and oxygen atoms in total. The Morgan fingerprint density at radius 1 is 1.08 bits per heavy atom. The largest absolute Gasteiger partial charge is 0.395 e.